The second kappa shape index (κ2) is 5.45. The number of hydrogen-bond acceptors (Lipinski definition) is 1. The highest BCUT2D eigenvalue weighted by Crippen LogP contribution is 2.26. The average molecular weight is 265 g/mol. The van der Waals surface area contributed by atoms with Gasteiger partial charge in [-0.1, -0.05) is 24.3 Å². The topological polar surface area (TPSA) is 12.0 Å². The van der Waals surface area contributed by atoms with Gasteiger partial charge in [-0.25, -0.2) is 13.2 Å². The minimum atomic E-state index is -0.892. The van der Waals surface area contributed by atoms with E-state index >= 15 is 0 Å². The van der Waals surface area contributed by atoms with Crippen LogP contribution in [-0.2, 0) is 0 Å². The van der Waals surface area contributed by atoms with Crippen LogP contribution in [0, 0.1) is 24.4 Å². The molecule has 100 valence electrons. The predicted octanol–water partition coefficient (Wildman–Crippen LogP) is 3.72. The Morgan fingerprint density at radius 3 is 2.37 bits per heavy atom. The van der Waals surface area contributed by atoms with Crippen LogP contribution in [0.1, 0.15) is 22.7 Å². The zero-order valence-corrected chi connectivity index (χ0v) is 10.7. The molecule has 0 aromatic heterocycles. The molecule has 0 radical (unpaired) electrons. The minimum absolute atomic E-state index is 0.202. The van der Waals surface area contributed by atoms with E-state index in [1.165, 1.54) is 18.2 Å². The molecule has 0 saturated heterocycles. The molecule has 0 fully saturated rings. The maximum Gasteiger partial charge on any atom is 0.163 e. The van der Waals surface area contributed by atoms with Gasteiger partial charge in [0.25, 0.3) is 0 Å². The number of aryl methyl sites for hydroxylation is 1. The first-order valence-electron chi connectivity index (χ1n) is 5.92. The molecule has 0 amide bonds. The summed E-state index contributed by atoms with van der Waals surface area (Å²) in [6, 6.07) is 8.03. The summed E-state index contributed by atoms with van der Waals surface area (Å²) in [6.45, 7) is 1.63. The van der Waals surface area contributed by atoms with Crippen molar-refractivity contribution in [3.63, 3.8) is 0 Å². The van der Waals surface area contributed by atoms with Gasteiger partial charge in [-0.05, 0) is 37.2 Å². The molecule has 2 aromatic carbocycles. The quantitative estimate of drug-likeness (QED) is 0.891. The first-order valence-corrected chi connectivity index (χ1v) is 5.92. The van der Waals surface area contributed by atoms with E-state index in [1.54, 1.807) is 26.1 Å². The Bertz CT molecular complexity index is 596. The molecule has 0 heterocycles. The predicted molar refractivity (Wildman–Crippen MR) is 68.4 cm³/mol. The number of halogens is 3. The van der Waals surface area contributed by atoms with E-state index in [-0.39, 0.29) is 11.4 Å². The average Bonchev–Trinajstić information content (AvgIpc) is 2.39. The molecule has 0 aliphatic heterocycles. The molecule has 2 rings (SSSR count). The van der Waals surface area contributed by atoms with Crippen molar-refractivity contribution in [2.45, 2.75) is 13.0 Å². The van der Waals surface area contributed by atoms with E-state index in [0.717, 1.165) is 6.07 Å². The van der Waals surface area contributed by atoms with Crippen LogP contribution >= 0.6 is 0 Å². The Morgan fingerprint density at radius 1 is 1.00 bits per heavy atom. The van der Waals surface area contributed by atoms with Crippen LogP contribution in [0.3, 0.4) is 0 Å². The van der Waals surface area contributed by atoms with Crippen molar-refractivity contribution in [2.24, 2.45) is 0 Å². The maximum absolute atomic E-state index is 13.8. The first kappa shape index (κ1) is 13.6. The van der Waals surface area contributed by atoms with E-state index in [9.17, 15) is 13.2 Å². The Kier molecular flexibility index (Phi) is 3.90. The van der Waals surface area contributed by atoms with Crippen molar-refractivity contribution in [3.05, 3.63) is 70.5 Å². The summed E-state index contributed by atoms with van der Waals surface area (Å²) in [5, 5.41) is 2.92. The summed E-state index contributed by atoms with van der Waals surface area (Å²) >= 11 is 0. The summed E-state index contributed by atoms with van der Waals surface area (Å²) in [5.41, 5.74) is 1.36. The highest BCUT2D eigenvalue weighted by Gasteiger charge is 2.19. The third-order valence-electron chi connectivity index (χ3n) is 3.10. The molecule has 0 spiro atoms. The third-order valence-corrected chi connectivity index (χ3v) is 3.10. The van der Waals surface area contributed by atoms with Gasteiger partial charge in [0.15, 0.2) is 11.6 Å². The van der Waals surface area contributed by atoms with Gasteiger partial charge in [-0.3, -0.25) is 0 Å². The zero-order valence-electron chi connectivity index (χ0n) is 10.7. The van der Waals surface area contributed by atoms with Crippen molar-refractivity contribution in [1.82, 2.24) is 5.32 Å². The highest BCUT2D eigenvalue weighted by molar-refractivity contribution is 5.35. The van der Waals surface area contributed by atoms with Crippen molar-refractivity contribution < 1.29 is 13.2 Å². The van der Waals surface area contributed by atoms with Gasteiger partial charge in [-0.15, -0.1) is 0 Å². The highest BCUT2D eigenvalue weighted by atomic mass is 19.2. The number of rotatable bonds is 3. The molecular weight excluding hydrogens is 251 g/mol. The van der Waals surface area contributed by atoms with Crippen LogP contribution in [0.15, 0.2) is 36.4 Å². The molecule has 0 saturated carbocycles. The van der Waals surface area contributed by atoms with Gasteiger partial charge in [0.2, 0.25) is 0 Å². The van der Waals surface area contributed by atoms with Gasteiger partial charge < -0.3 is 5.32 Å². The van der Waals surface area contributed by atoms with Gasteiger partial charge in [0.1, 0.15) is 5.82 Å². The van der Waals surface area contributed by atoms with Crippen molar-refractivity contribution >= 4 is 0 Å². The molecule has 0 bridgehead atoms. The minimum Gasteiger partial charge on any atom is -0.309 e. The second-order valence-corrected chi connectivity index (χ2v) is 4.37. The summed E-state index contributed by atoms with van der Waals surface area (Å²) in [6.07, 6.45) is 0. The summed E-state index contributed by atoms with van der Waals surface area (Å²) in [7, 11) is 1.65. The zero-order chi connectivity index (χ0) is 14.0. The lowest BCUT2D eigenvalue weighted by Gasteiger charge is -2.18. The Morgan fingerprint density at radius 2 is 1.74 bits per heavy atom. The van der Waals surface area contributed by atoms with Gasteiger partial charge >= 0.3 is 0 Å². The van der Waals surface area contributed by atoms with Gasteiger partial charge in [0, 0.05) is 5.56 Å². The van der Waals surface area contributed by atoms with Crippen LogP contribution < -0.4 is 5.32 Å². The maximum atomic E-state index is 13.8. The van der Waals surface area contributed by atoms with Crippen LogP contribution in [0.5, 0.6) is 0 Å². The SMILES string of the molecule is CNC(c1ccc(F)c(C)c1)c1cccc(F)c1F. The number of hydrogen-bond donors (Lipinski definition) is 1. The van der Waals surface area contributed by atoms with E-state index < -0.39 is 17.7 Å². The largest absolute Gasteiger partial charge is 0.309 e. The molecule has 0 aliphatic rings. The van der Waals surface area contributed by atoms with Crippen LogP contribution in [0.25, 0.3) is 0 Å². The van der Waals surface area contributed by atoms with E-state index in [1.807, 2.05) is 0 Å². The summed E-state index contributed by atoms with van der Waals surface area (Å²) in [4.78, 5) is 0. The van der Waals surface area contributed by atoms with E-state index in [0.29, 0.717) is 11.1 Å². The van der Waals surface area contributed by atoms with Crippen molar-refractivity contribution in [3.8, 4) is 0 Å². The summed E-state index contributed by atoms with van der Waals surface area (Å²) in [5.74, 6) is -2.10. The molecule has 1 unspecified atom stereocenters. The molecule has 2 aromatic rings. The third kappa shape index (κ3) is 2.63. The fourth-order valence-corrected chi connectivity index (χ4v) is 2.09. The van der Waals surface area contributed by atoms with Gasteiger partial charge in [0.05, 0.1) is 6.04 Å². The van der Waals surface area contributed by atoms with Crippen LogP contribution in [0.4, 0.5) is 13.2 Å². The number of nitrogens with one attached hydrogen (secondary N) is 1. The number of benzene rings is 2. The monoisotopic (exact) mass is 265 g/mol. The molecule has 1 N–H and O–H groups in total. The summed E-state index contributed by atoms with van der Waals surface area (Å²) < 4.78 is 40.3. The fourth-order valence-electron chi connectivity index (χ4n) is 2.09. The smallest absolute Gasteiger partial charge is 0.163 e. The van der Waals surface area contributed by atoms with Crippen molar-refractivity contribution in [2.75, 3.05) is 7.05 Å². The standard InChI is InChI=1S/C15H14F3N/c1-9-8-10(6-7-12(9)16)15(19-2)11-4-3-5-13(17)14(11)18/h3-8,15,19H,1-2H3. The molecule has 1 atom stereocenters. The molecule has 1 nitrogen and oxygen atoms in total. The Labute approximate surface area is 110 Å². The van der Waals surface area contributed by atoms with Crippen LogP contribution in [0.2, 0.25) is 0 Å². The van der Waals surface area contributed by atoms with Crippen molar-refractivity contribution in [1.29, 1.82) is 0 Å². The second-order valence-electron chi connectivity index (χ2n) is 4.37. The molecule has 0 aliphatic carbocycles. The van der Waals surface area contributed by atoms with Crippen LogP contribution in [-0.4, -0.2) is 7.05 Å². The van der Waals surface area contributed by atoms with E-state index in [2.05, 4.69) is 5.32 Å². The lowest BCUT2D eigenvalue weighted by molar-refractivity contribution is 0.487. The van der Waals surface area contributed by atoms with Gasteiger partial charge in [-0.2, -0.15) is 0 Å². The molecule has 4 heteroatoms. The van der Waals surface area contributed by atoms with E-state index in [4.69, 9.17) is 0 Å². The first-order chi connectivity index (χ1) is 9.04. The Hall–Kier alpha value is -1.81. The lowest BCUT2D eigenvalue weighted by atomic mass is 9.97. The normalized spacial score (nSPS) is 12.5. The lowest BCUT2D eigenvalue weighted by Crippen LogP contribution is -2.19. The fraction of sp³-hybridized carbons (Fsp3) is 0.200. The molecular formula is C15H14F3N. The Balaban J connectivity index is 2.50. The molecule has 19 heavy (non-hydrogen) atoms.